The Kier molecular flexibility index (Phi) is 6.22. The summed E-state index contributed by atoms with van der Waals surface area (Å²) in [4.78, 5) is 23.4. The predicted molar refractivity (Wildman–Crippen MR) is 72.7 cm³/mol. The quantitative estimate of drug-likeness (QED) is 0.523. The van der Waals surface area contributed by atoms with Crippen LogP contribution in [0.5, 0.6) is 0 Å². The Morgan fingerprint density at radius 1 is 1.32 bits per heavy atom. The van der Waals surface area contributed by atoms with Gasteiger partial charge in [-0.3, -0.25) is 9.59 Å². The van der Waals surface area contributed by atoms with Gasteiger partial charge in [-0.15, -0.1) is 6.58 Å². The van der Waals surface area contributed by atoms with Crippen LogP contribution in [-0.4, -0.2) is 28.1 Å². The number of hydrogen-bond acceptors (Lipinski definition) is 3. The predicted octanol–water partition coefficient (Wildman–Crippen LogP) is 2.41. The first-order valence-electron chi connectivity index (χ1n) is 7.02. The summed E-state index contributed by atoms with van der Waals surface area (Å²) in [5, 5.41) is 18.7. The number of carbonyl (C=O) groups is 2. The summed E-state index contributed by atoms with van der Waals surface area (Å²) in [6, 6.07) is 0. The van der Waals surface area contributed by atoms with Crippen LogP contribution in [0.25, 0.3) is 0 Å². The van der Waals surface area contributed by atoms with Crippen molar-refractivity contribution >= 4 is 11.8 Å². The van der Waals surface area contributed by atoms with Crippen molar-refractivity contribution in [2.75, 3.05) is 0 Å². The van der Waals surface area contributed by atoms with Crippen LogP contribution < -0.4 is 0 Å². The molecule has 0 radical (unpaired) electrons. The maximum absolute atomic E-state index is 12.3. The van der Waals surface area contributed by atoms with E-state index in [4.69, 9.17) is 5.11 Å². The molecule has 4 heteroatoms. The molecular formula is C15H24O4. The topological polar surface area (TPSA) is 74.6 Å². The van der Waals surface area contributed by atoms with Gasteiger partial charge in [0.25, 0.3) is 0 Å². The van der Waals surface area contributed by atoms with Gasteiger partial charge in [-0.25, -0.2) is 0 Å². The summed E-state index contributed by atoms with van der Waals surface area (Å²) in [6.45, 7) is 5.51. The smallest absolute Gasteiger partial charge is 0.307 e. The van der Waals surface area contributed by atoms with E-state index in [0.717, 1.165) is 25.7 Å². The van der Waals surface area contributed by atoms with Crippen molar-refractivity contribution in [3.8, 4) is 0 Å². The molecule has 0 spiro atoms. The van der Waals surface area contributed by atoms with Crippen LogP contribution in [-0.2, 0) is 9.59 Å². The van der Waals surface area contributed by atoms with Crippen molar-refractivity contribution in [2.45, 2.75) is 51.6 Å². The van der Waals surface area contributed by atoms with Crippen LogP contribution in [0, 0.1) is 17.8 Å². The average molecular weight is 268 g/mol. The molecule has 108 valence electrons. The minimum absolute atomic E-state index is 0.00236. The number of aliphatic carboxylic acids is 1. The molecule has 0 amide bonds. The SMILES string of the molecule is C=CCCCCC(C)C(=O)[C@@H]1CC(O)C[C@H]1C(=O)O. The molecule has 0 aromatic rings. The van der Waals surface area contributed by atoms with Gasteiger partial charge in [-0.2, -0.15) is 0 Å². The summed E-state index contributed by atoms with van der Waals surface area (Å²) < 4.78 is 0. The third-order valence-corrected chi connectivity index (χ3v) is 4.00. The van der Waals surface area contributed by atoms with E-state index in [0.29, 0.717) is 6.42 Å². The number of aliphatic hydroxyl groups is 1. The van der Waals surface area contributed by atoms with Gasteiger partial charge < -0.3 is 10.2 Å². The lowest BCUT2D eigenvalue weighted by atomic mass is 9.84. The van der Waals surface area contributed by atoms with E-state index in [1.165, 1.54) is 0 Å². The first kappa shape index (κ1) is 15.9. The number of hydrogen-bond donors (Lipinski definition) is 2. The third kappa shape index (κ3) is 4.46. The van der Waals surface area contributed by atoms with Crippen molar-refractivity contribution in [1.29, 1.82) is 0 Å². The summed E-state index contributed by atoms with van der Waals surface area (Å²) >= 11 is 0. The fourth-order valence-corrected chi connectivity index (χ4v) is 2.85. The largest absolute Gasteiger partial charge is 0.481 e. The van der Waals surface area contributed by atoms with Crippen molar-refractivity contribution in [2.24, 2.45) is 17.8 Å². The molecule has 1 fully saturated rings. The standard InChI is InChI=1S/C15H24O4/c1-3-4-5-6-7-10(2)14(17)12-8-11(16)9-13(12)15(18)19/h3,10-13,16H,1,4-9H2,2H3,(H,18,19)/t10?,11?,12-,13-/m1/s1. The molecule has 1 saturated carbocycles. The monoisotopic (exact) mass is 268 g/mol. The van der Waals surface area contributed by atoms with Crippen LogP contribution in [0.2, 0.25) is 0 Å². The van der Waals surface area contributed by atoms with Gasteiger partial charge in [0, 0.05) is 11.8 Å². The molecule has 0 heterocycles. The van der Waals surface area contributed by atoms with E-state index >= 15 is 0 Å². The summed E-state index contributed by atoms with van der Waals surface area (Å²) in [7, 11) is 0. The maximum Gasteiger partial charge on any atom is 0.307 e. The molecule has 0 aromatic carbocycles. The Hall–Kier alpha value is -1.16. The molecule has 0 bridgehead atoms. The Balaban J connectivity index is 2.50. The fourth-order valence-electron chi connectivity index (χ4n) is 2.85. The van der Waals surface area contributed by atoms with E-state index in [1.807, 2.05) is 13.0 Å². The minimum atomic E-state index is -0.964. The molecule has 1 aliphatic rings. The lowest BCUT2D eigenvalue weighted by Gasteiger charge is -2.18. The van der Waals surface area contributed by atoms with E-state index in [-0.39, 0.29) is 18.1 Å². The molecule has 0 saturated heterocycles. The molecule has 19 heavy (non-hydrogen) atoms. The summed E-state index contributed by atoms with van der Waals surface area (Å²) in [5.41, 5.74) is 0. The zero-order valence-electron chi connectivity index (χ0n) is 11.5. The first-order valence-corrected chi connectivity index (χ1v) is 7.02. The second-order valence-electron chi connectivity index (χ2n) is 5.55. The molecule has 2 unspecified atom stereocenters. The average Bonchev–Trinajstić information content (AvgIpc) is 2.75. The Bertz CT molecular complexity index is 337. The van der Waals surface area contributed by atoms with Crippen LogP contribution >= 0.6 is 0 Å². The Morgan fingerprint density at radius 2 is 1.95 bits per heavy atom. The van der Waals surface area contributed by atoms with Crippen LogP contribution in [0.15, 0.2) is 12.7 Å². The lowest BCUT2D eigenvalue weighted by Crippen LogP contribution is -2.29. The van der Waals surface area contributed by atoms with Gasteiger partial charge in [0.15, 0.2) is 0 Å². The highest BCUT2D eigenvalue weighted by Crippen LogP contribution is 2.35. The normalized spacial score (nSPS) is 28.0. The van der Waals surface area contributed by atoms with E-state index in [2.05, 4.69) is 6.58 Å². The van der Waals surface area contributed by atoms with Crippen LogP contribution in [0.4, 0.5) is 0 Å². The lowest BCUT2D eigenvalue weighted by molar-refractivity contribution is -0.146. The Morgan fingerprint density at radius 3 is 2.53 bits per heavy atom. The second kappa shape index (κ2) is 7.43. The number of rotatable bonds is 8. The van der Waals surface area contributed by atoms with Crippen LogP contribution in [0.1, 0.15) is 45.4 Å². The number of unbranched alkanes of at least 4 members (excludes halogenated alkanes) is 2. The highest BCUT2D eigenvalue weighted by atomic mass is 16.4. The molecule has 1 rings (SSSR count). The van der Waals surface area contributed by atoms with E-state index in [1.54, 1.807) is 0 Å². The second-order valence-corrected chi connectivity index (χ2v) is 5.55. The van der Waals surface area contributed by atoms with E-state index < -0.39 is 23.9 Å². The van der Waals surface area contributed by atoms with Gasteiger partial charge in [0.2, 0.25) is 0 Å². The molecule has 4 atom stereocenters. The number of Topliss-reactive ketones (excluding diaryl/α,β-unsaturated/α-hetero) is 1. The number of ketones is 1. The van der Waals surface area contributed by atoms with Gasteiger partial charge >= 0.3 is 5.97 Å². The minimum Gasteiger partial charge on any atom is -0.481 e. The highest BCUT2D eigenvalue weighted by Gasteiger charge is 2.43. The van der Waals surface area contributed by atoms with Crippen molar-refractivity contribution in [3.05, 3.63) is 12.7 Å². The van der Waals surface area contributed by atoms with Gasteiger partial charge in [-0.1, -0.05) is 19.4 Å². The number of aliphatic hydroxyl groups excluding tert-OH is 1. The van der Waals surface area contributed by atoms with Crippen molar-refractivity contribution < 1.29 is 19.8 Å². The van der Waals surface area contributed by atoms with Gasteiger partial charge in [-0.05, 0) is 32.1 Å². The van der Waals surface area contributed by atoms with Crippen molar-refractivity contribution in [1.82, 2.24) is 0 Å². The molecule has 2 N–H and O–H groups in total. The summed E-state index contributed by atoms with van der Waals surface area (Å²) in [5.74, 6) is -2.31. The number of carboxylic acid groups (broad SMARTS) is 1. The zero-order valence-corrected chi connectivity index (χ0v) is 11.5. The summed E-state index contributed by atoms with van der Waals surface area (Å²) in [6.07, 6.45) is 5.40. The molecule has 0 aromatic heterocycles. The Labute approximate surface area is 114 Å². The number of carbonyl (C=O) groups excluding carboxylic acids is 1. The molecule has 1 aliphatic carbocycles. The fraction of sp³-hybridized carbons (Fsp3) is 0.733. The highest BCUT2D eigenvalue weighted by molar-refractivity contribution is 5.88. The number of carboxylic acids is 1. The maximum atomic E-state index is 12.3. The molecular weight excluding hydrogens is 244 g/mol. The van der Waals surface area contributed by atoms with E-state index in [9.17, 15) is 14.7 Å². The molecule has 4 nitrogen and oxygen atoms in total. The van der Waals surface area contributed by atoms with Gasteiger partial charge in [0.05, 0.1) is 12.0 Å². The van der Waals surface area contributed by atoms with Crippen molar-refractivity contribution in [3.63, 3.8) is 0 Å². The molecule has 0 aliphatic heterocycles. The third-order valence-electron chi connectivity index (χ3n) is 4.00. The number of allylic oxidation sites excluding steroid dienone is 1. The zero-order chi connectivity index (χ0) is 14.4. The van der Waals surface area contributed by atoms with Gasteiger partial charge in [0.1, 0.15) is 5.78 Å². The van der Waals surface area contributed by atoms with Crippen LogP contribution in [0.3, 0.4) is 0 Å². The first-order chi connectivity index (χ1) is 8.97.